The van der Waals surface area contributed by atoms with E-state index in [1.807, 2.05) is 12.1 Å². The summed E-state index contributed by atoms with van der Waals surface area (Å²) in [6, 6.07) is 7.26. The first kappa shape index (κ1) is 14.2. The number of rotatable bonds is 1. The van der Waals surface area contributed by atoms with Crippen LogP contribution in [0.3, 0.4) is 0 Å². The van der Waals surface area contributed by atoms with Crippen LogP contribution in [-0.4, -0.2) is 5.78 Å². The van der Waals surface area contributed by atoms with Crippen LogP contribution in [0, 0.1) is 5.41 Å². The third-order valence-corrected chi connectivity index (χ3v) is 1.67. The van der Waals surface area contributed by atoms with Crippen molar-refractivity contribution in [1.82, 2.24) is 0 Å². The van der Waals surface area contributed by atoms with E-state index in [0.29, 0.717) is 11.0 Å². The first-order valence-corrected chi connectivity index (χ1v) is 5.45. The fraction of sp³-hybridized carbons (Fsp3) is 0.462. The smallest absolute Gasteiger partial charge is 0.160 e. The van der Waals surface area contributed by atoms with Gasteiger partial charge < -0.3 is 0 Å². The van der Waals surface area contributed by atoms with Crippen LogP contribution >= 0.6 is 12.6 Å². The van der Waals surface area contributed by atoms with Crippen LogP contribution in [0.5, 0.6) is 0 Å². The molecule has 0 N–H and O–H groups in total. The minimum Gasteiger partial charge on any atom is -0.294 e. The average Bonchev–Trinajstić information content (AvgIpc) is 2.01. The zero-order valence-electron chi connectivity index (χ0n) is 10.2. The van der Waals surface area contributed by atoms with Gasteiger partial charge in [-0.1, -0.05) is 45.9 Å². The van der Waals surface area contributed by atoms with Crippen LogP contribution in [0.2, 0.25) is 0 Å². The molecule has 0 spiro atoms. The molecule has 0 aromatic heterocycles. The molecule has 0 atom stereocenters. The highest BCUT2D eigenvalue weighted by atomic mass is 32.1. The van der Waals surface area contributed by atoms with Crippen molar-refractivity contribution in [2.45, 2.75) is 39.5 Å². The Hall–Kier alpha value is -0.760. The van der Waals surface area contributed by atoms with E-state index >= 15 is 0 Å². The summed E-state index contributed by atoms with van der Waals surface area (Å²) in [5.41, 5.74) is 1.19. The molecule has 0 radical (unpaired) electrons. The lowest BCUT2D eigenvalue weighted by Gasteiger charge is -2.05. The van der Waals surface area contributed by atoms with E-state index < -0.39 is 0 Å². The van der Waals surface area contributed by atoms with Gasteiger partial charge in [0.05, 0.1) is 0 Å². The number of Topliss-reactive ketones (excluding diaryl/α,β-unsaturated/α-hetero) is 1. The molecule has 0 aliphatic rings. The zero-order valence-corrected chi connectivity index (χ0v) is 11.1. The van der Waals surface area contributed by atoms with Crippen molar-refractivity contribution in [2.24, 2.45) is 5.41 Å². The van der Waals surface area contributed by atoms with Gasteiger partial charge in [0, 0.05) is 10.5 Å². The molecular formula is C13H20OS. The van der Waals surface area contributed by atoms with Crippen molar-refractivity contribution in [3.8, 4) is 0 Å². The molecule has 0 aliphatic carbocycles. The van der Waals surface area contributed by atoms with Gasteiger partial charge >= 0.3 is 0 Å². The lowest BCUT2D eigenvalue weighted by Crippen LogP contribution is -1.93. The van der Waals surface area contributed by atoms with Gasteiger partial charge in [0.2, 0.25) is 0 Å². The summed E-state index contributed by atoms with van der Waals surface area (Å²) < 4.78 is 0. The second-order valence-corrected chi connectivity index (χ2v) is 5.56. The lowest BCUT2D eigenvalue weighted by molar-refractivity contribution is 0.101. The highest BCUT2D eigenvalue weighted by Gasteiger charge is 2.00. The first-order chi connectivity index (χ1) is 6.72. The quantitative estimate of drug-likeness (QED) is 0.558. The molecule has 84 valence electrons. The van der Waals surface area contributed by atoms with Crippen molar-refractivity contribution in [2.75, 3.05) is 0 Å². The van der Waals surface area contributed by atoms with Gasteiger partial charge in [-0.2, -0.15) is 0 Å². The lowest BCUT2D eigenvalue weighted by atomic mass is 10.0. The molecule has 0 heterocycles. The van der Waals surface area contributed by atoms with Crippen molar-refractivity contribution in [3.05, 3.63) is 29.8 Å². The molecule has 0 saturated heterocycles. The highest BCUT2D eigenvalue weighted by Crippen LogP contribution is 2.12. The fourth-order valence-corrected chi connectivity index (χ4v) is 1.09. The fourth-order valence-electron chi connectivity index (χ4n) is 0.771. The van der Waals surface area contributed by atoms with E-state index in [-0.39, 0.29) is 5.78 Å². The van der Waals surface area contributed by atoms with Crippen LogP contribution in [0.1, 0.15) is 45.0 Å². The van der Waals surface area contributed by atoms with Crippen molar-refractivity contribution in [1.29, 1.82) is 0 Å². The van der Waals surface area contributed by atoms with Crippen molar-refractivity contribution >= 4 is 18.4 Å². The van der Waals surface area contributed by atoms with Gasteiger partial charge in [-0.3, -0.25) is 4.79 Å². The van der Waals surface area contributed by atoms with Gasteiger partial charge in [0.1, 0.15) is 0 Å². The molecule has 1 aromatic carbocycles. The van der Waals surface area contributed by atoms with Crippen LogP contribution in [0.4, 0.5) is 0 Å². The molecule has 1 nitrogen and oxygen atoms in total. The molecule has 0 aliphatic heterocycles. The molecule has 0 unspecified atom stereocenters. The normalized spacial score (nSPS) is 10.3. The second kappa shape index (κ2) is 5.96. The largest absolute Gasteiger partial charge is 0.294 e. The van der Waals surface area contributed by atoms with Gasteiger partial charge in [0.25, 0.3) is 0 Å². The Balaban J connectivity index is 0.000000336. The van der Waals surface area contributed by atoms with Gasteiger partial charge in [-0.05, 0) is 18.4 Å². The van der Waals surface area contributed by atoms with Crippen molar-refractivity contribution in [3.63, 3.8) is 0 Å². The molecular weight excluding hydrogens is 204 g/mol. The van der Waals surface area contributed by atoms with Gasteiger partial charge in [-0.15, -0.1) is 12.6 Å². The average molecular weight is 224 g/mol. The van der Waals surface area contributed by atoms with E-state index in [4.69, 9.17) is 0 Å². The van der Waals surface area contributed by atoms with Gasteiger partial charge in [0.15, 0.2) is 5.78 Å². The molecule has 1 rings (SSSR count). The third kappa shape index (κ3) is 8.25. The number of hydrogen-bond acceptors (Lipinski definition) is 2. The Morgan fingerprint density at radius 1 is 1.13 bits per heavy atom. The summed E-state index contributed by atoms with van der Waals surface area (Å²) in [7, 11) is 0. The summed E-state index contributed by atoms with van der Waals surface area (Å²) in [6.45, 7) is 10.3. The number of hydrogen-bond donors (Lipinski definition) is 1. The maximum atomic E-state index is 10.8. The first-order valence-electron chi connectivity index (χ1n) is 5.01. The van der Waals surface area contributed by atoms with E-state index in [2.05, 4.69) is 40.3 Å². The Kier molecular flexibility index (Phi) is 5.66. The van der Waals surface area contributed by atoms with E-state index in [1.165, 1.54) is 6.92 Å². The minimum atomic E-state index is 0.0607. The summed E-state index contributed by atoms with van der Waals surface area (Å²) >= 11 is 4.12. The molecule has 2 heteroatoms. The second-order valence-electron chi connectivity index (χ2n) is 5.07. The molecule has 1 aromatic rings. The molecule has 0 saturated carbocycles. The standard InChI is InChI=1S/C8H8OS.C5H12/c1-6(9)7-4-2-3-5-8(7)10;1-5(2,3)4/h2-5,10H,1H3;1-4H3. The maximum absolute atomic E-state index is 10.8. The summed E-state index contributed by atoms with van der Waals surface area (Å²) in [4.78, 5) is 11.6. The van der Waals surface area contributed by atoms with Crippen molar-refractivity contribution < 1.29 is 4.79 Å². The summed E-state index contributed by atoms with van der Waals surface area (Å²) in [5, 5.41) is 0. The van der Waals surface area contributed by atoms with E-state index in [0.717, 1.165) is 4.90 Å². The zero-order chi connectivity index (χ0) is 12.1. The number of carbonyl (C=O) groups is 1. The Labute approximate surface area is 98.3 Å². The number of carbonyl (C=O) groups excluding carboxylic acids is 1. The van der Waals surface area contributed by atoms with E-state index in [1.54, 1.807) is 12.1 Å². The van der Waals surface area contributed by atoms with Crippen LogP contribution in [0.25, 0.3) is 0 Å². The molecule has 0 bridgehead atoms. The summed E-state index contributed by atoms with van der Waals surface area (Å²) in [6.07, 6.45) is 0. The predicted molar refractivity (Wildman–Crippen MR) is 68.8 cm³/mol. The topological polar surface area (TPSA) is 17.1 Å². The minimum absolute atomic E-state index is 0.0607. The van der Waals surface area contributed by atoms with Gasteiger partial charge in [-0.25, -0.2) is 0 Å². The molecule has 0 amide bonds. The van der Waals surface area contributed by atoms with Crippen LogP contribution < -0.4 is 0 Å². The summed E-state index contributed by atoms with van der Waals surface area (Å²) in [5.74, 6) is 0.0607. The molecule has 15 heavy (non-hydrogen) atoms. The maximum Gasteiger partial charge on any atom is 0.160 e. The highest BCUT2D eigenvalue weighted by molar-refractivity contribution is 7.80. The Bertz CT molecular complexity index is 318. The molecule has 0 fully saturated rings. The predicted octanol–water partition coefficient (Wildman–Crippen LogP) is 4.23. The number of benzene rings is 1. The number of ketones is 1. The SMILES string of the molecule is CC(=O)c1ccccc1S.CC(C)(C)C. The van der Waals surface area contributed by atoms with E-state index in [9.17, 15) is 4.79 Å². The Morgan fingerprint density at radius 3 is 1.80 bits per heavy atom. The third-order valence-electron chi connectivity index (χ3n) is 1.28. The number of thiol groups is 1. The van der Waals surface area contributed by atoms with Crippen LogP contribution in [-0.2, 0) is 0 Å². The Morgan fingerprint density at radius 2 is 1.53 bits per heavy atom. The van der Waals surface area contributed by atoms with Crippen LogP contribution in [0.15, 0.2) is 29.2 Å². The monoisotopic (exact) mass is 224 g/mol.